The van der Waals surface area contributed by atoms with Crippen LogP contribution >= 0.6 is 11.6 Å². The van der Waals surface area contributed by atoms with Gasteiger partial charge in [-0.15, -0.1) is 0 Å². The van der Waals surface area contributed by atoms with Crippen LogP contribution < -0.4 is 4.74 Å². The molecular weight excluding hydrogens is 473 g/mol. The van der Waals surface area contributed by atoms with Gasteiger partial charge in [0, 0.05) is 28.9 Å². The molecule has 0 bridgehead atoms. The van der Waals surface area contributed by atoms with E-state index in [0.29, 0.717) is 23.9 Å². The van der Waals surface area contributed by atoms with Crippen LogP contribution in [0.3, 0.4) is 0 Å². The van der Waals surface area contributed by atoms with Gasteiger partial charge in [0.15, 0.2) is 5.82 Å². The third-order valence-electron chi connectivity index (χ3n) is 5.52. The summed E-state index contributed by atoms with van der Waals surface area (Å²) in [5.41, 5.74) is -0.488. The maximum atomic E-state index is 13.5. The lowest BCUT2D eigenvalue weighted by Gasteiger charge is -2.29. The summed E-state index contributed by atoms with van der Waals surface area (Å²) in [6.45, 7) is 3.87. The molecule has 4 rings (SSSR count). The van der Waals surface area contributed by atoms with Crippen molar-refractivity contribution in [1.29, 1.82) is 0 Å². The molecule has 0 N–H and O–H groups in total. The Morgan fingerprint density at radius 2 is 2.00 bits per heavy atom. The molecule has 2 heterocycles. The van der Waals surface area contributed by atoms with E-state index in [2.05, 4.69) is 20.1 Å². The molecule has 0 saturated heterocycles. The number of benzene rings is 1. The second kappa shape index (κ2) is 9.21. The molecule has 3 aromatic rings. The van der Waals surface area contributed by atoms with Crippen molar-refractivity contribution in [3.05, 3.63) is 58.3 Å². The van der Waals surface area contributed by atoms with Gasteiger partial charge >= 0.3 is 6.18 Å². The number of hydrogen-bond acceptors (Lipinski definition) is 6. The summed E-state index contributed by atoms with van der Waals surface area (Å²) < 4.78 is 46.6. The Morgan fingerprint density at radius 1 is 1.26 bits per heavy atom. The average Bonchev–Trinajstić information content (AvgIpc) is 3.47. The Balaban J connectivity index is 1.72. The number of alkyl halides is 3. The summed E-state index contributed by atoms with van der Waals surface area (Å²) >= 11 is 5.93. The van der Waals surface area contributed by atoms with E-state index >= 15 is 0 Å². The van der Waals surface area contributed by atoms with Gasteiger partial charge in [-0.3, -0.25) is 4.79 Å². The van der Waals surface area contributed by atoms with Crippen molar-refractivity contribution in [3.8, 4) is 11.8 Å². The number of aromatic nitrogens is 5. The maximum Gasteiger partial charge on any atom is 0.416 e. The van der Waals surface area contributed by atoms with Crippen LogP contribution in [0.1, 0.15) is 53.2 Å². The Morgan fingerprint density at radius 3 is 2.65 bits per heavy atom. The fourth-order valence-electron chi connectivity index (χ4n) is 3.59. The highest BCUT2D eigenvalue weighted by molar-refractivity contribution is 6.31. The zero-order chi connectivity index (χ0) is 24.6. The molecule has 1 atom stereocenters. The number of nitrogens with zero attached hydrogens (tertiary/aromatic N) is 6. The van der Waals surface area contributed by atoms with E-state index in [1.54, 1.807) is 19.9 Å². The van der Waals surface area contributed by atoms with Crippen molar-refractivity contribution >= 4 is 17.5 Å². The second-order valence-electron chi connectivity index (χ2n) is 8.18. The molecule has 34 heavy (non-hydrogen) atoms. The first-order valence-electron chi connectivity index (χ1n) is 10.6. The minimum Gasteiger partial charge on any atom is -0.481 e. The van der Waals surface area contributed by atoms with Gasteiger partial charge < -0.3 is 9.64 Å². The number of carbonyl (C=O) groups is 1. The number of halogens is 4. The van der Waals surface area contributed by atoms with Gasteiger partial charge in [0.05, 0.1) is 18.7 Å². The minimum atomic E-state index is -4.63. The standard InChI is InChI=1S/C22H22ClF3N6O2/c1-12-6-18(34-3)30-21(29-12)32-19(27-11-28-32)13(2)31(10-14-4-5-14)20(33)15-7-16(22(24,25)26)9-17(23)8-15/h6-9,11,13-14H,4-5,10H2,1-3H3. The van der Waals surface area contributed by atoms with Crippen molar-refractivity contribution in [2.45, 2.75) is 38.9 Å². The van der Waals surface area contributed by atoms with E-state index in [0.717, 1.165) is 25.0 Å². The number of carbonyl (C=O) groups excluding carboxylic acids is 1. The van der Waals surface area contributed by atoms with Gasteiger partial charge in [-0.1, -0.05) is 11.6 Å². The first-order chi connectivity index (χ1) is 16.1. The molecule has 2 aromatic heterocycles. The molecule has 1 unspecified atom stereocenters. The number of hydrogen-bond donors (Lipinski definition) is 0. The zero-order valence-electron chi connectivity index (χ0n) is 18.7. The van der Waals surface area contributed by atoms with Crippen LogP contribution in [0.2, 0.25) is 5.02 Å². The lowest BCUT2D eigenvalue weighted by Crippen LogP contribution is -2.37. The van der Waals surface area contributed by atoms with Crippen LogP contribution in [-0.4, -0.2) is 49.2 Å². The predicted molar refractivity (Wildman–Crippen MR) is 117 cm³/mol. The van der Waals surface area contributed by atoms with Gasteiger partial charge in [-0.2, -0.15) is 27.9 Å². The lowest BCUT2D eigenvalue weighted by molar-refractivity contribution is -0.137. The fraction of sp³-hybridized carbons (Fsp3) is 0.409. The summed E-state index contributed by atoms with van der Waals surface area (Å²) in [4.78, 5) is 28.0. The quantitative estimate of drug-likeness (QED) is 0.475. The number of aryl methyl sites for hydroxylation is 1. The Labute approximate surface area is 198 Å². The molecule has 0 spiro atoms. The minimum absolute atomic E-state index is 0.146. The van der Waals surface area contributed by atoms with Crippen molar-refractivity contribution in [2.24, 2.45) is 5.92 Å². The summed E-state index contributed by atoms with van der Waals surface area (Å²) in [5, 5.41) is 4.04. The third kappa shape index (κ3) is 5.14. The smallest absolute Gasteiger partial charge is 0.416 e. The molecule has 0 radical (unpaired) electrons. The van der Waals surface area contributed by atoms with Gasteiger partial charge in [0.1, 0.15) is 6.33 Å². The van der Waals surface area contributed by atoms with Crippen LogP contribution in [-0.2, 0) is 6.18 Å². The van der Waals surface area contributed by atoms with E-state index in [4.69, 9.17) is 16.3 Å². The summed E-state index contributed by atoms with van der Waals surface area (Å²) in [6, 6.07) is 3.88. The molecule has 0 aliphatic heterocycles. The first-order valence-corrected chi connectivity index (χ1v) is 10.9. The van der Waals surface area contributed by atoms with Gasteiger partial charge in [-0.05, 0) is 50.8 Å². The van der Waals surface area contributed by atoms with Crippen LogP contribution in [0.5, 0.6) is 5.88 Å². The fourth-order valence-corrected chi connectivity index (χ4v) is 3.83. The van der Waals surface area contributed by atoms with Gasteiger partial charge in [0.2, 0.25) is 5.88 Å². The summed E-state index contributed by atoms with van der Waals surface area (Å²) in [6.07, 6.45) is -1.45. The van der Waals surface area contributed by atoms with Crippen molar-refractivity contribution in [2.75, 3.05) is 13.7 Å². The largest absolute Gasteiger partial charge is 0.481 e. The summed E-state index contributed by atoms with van der Waals surface area (Å²) in [7, 11) is 1.48. The zero-order valence-corrected chi connectivity index (χ0v) is 19.4. The molecule has 180 valence electrons. The van der Waals surface area contributed by atoms with Crippen molar-refractivity contribution in [1.82, 2.24) is 29.6 Å². The normalized spacial score (nSPS) is 14.7. The Hall–Kier alpha value is -3.21. The highest BCUT2D eigenvalue weighted by Gasteiger charge is 2.35. The third-order valence-corrected chi connectivity index (χ3v) is 5.74. The number of ether oxygens (including phenoxy) is 1. The molecule has 1 saturated carbocycles. The molecule has 1 fully saturated rings. The topological polar surface area (TPSA) is 86.0 Å². The second-order valence-corrected chi connectivity index (χ2v) is 8.62. The van der Waals surface area contributed by atoms with E-state index in [1.807, 2.05) is 0 Å². The highest BCUT2D eigenvalue weighted by Crippen LogP contribution is 2.35. The van der Waals surface area contributed by atoms with Crippen LogP contribution in [0, 0.1) is 12.8 Å². The summed E-state index contributed by atoms with van der Waals surface area (Å²) in [5.74, 6) is 0.585. The van der Waals surface area contributed by atoms with E-state index in [-0.39, 0.29) is 22.5 Å². The predicted octanol–water partition coefficient (Wildman–Crippen LogP) is 4.66. The number of rotatable bonds is 7. The van der Waals surface area contributed by atoms with E-state index in [9.17, 15) is 18.0 Å². The van der Waals surface area contributed by atoms with Crippen LogP contribution in [0.15, 0.2) is 30.6 Å². The molecule has 1 aliphatic carbocycles. The number of amides is 1. The van der Waals surface area contributed by atoms with E-state index in [1.165, 1.54) is 29.1 Å². The average molecular weight is 495 g/mol. The molecule has 1 aliphatic rings. The van der Waals surface area contributed by atoms with Gasteiger partial charge in [-0.25, -0.2) is 9.97 Å². The molecular formula is C22H22ClF3N6O2. The van der Waals surface area contributed by atoms with Gasteiger partial charge in [0.25, 0.3) is 11.9 Å². The van der Waals surface area contributed by atoms with E-state index < -0.39 is 23.7 Å². The highest BCUT2D eigenvalue weighted by atomic mass is 35.5. The first kappa shape index (κ1) is 23.9. The monoisotopic (exact) mass is 494 g/mol. The number of methoxy groups -OCH3 is 1. The SMILES string of the molecule is COc1cc(C)nc(-n2ncnc2C(C)N(CC2CC2)C(=O)c2cc(Cl)cc(C(F)(F)F)c2)n1. The Kier molecular flexibility index (Phi) is 6.48. The maximum absolute atomic E-state index is 13.5. The van der Waals surface area contributed by atoms with Crippen LogP contribution in [0.25, 0.3) is 5.95 Å². The van der Waals surface area contributed by atoms with Crippen molar-refractivity contribution in [3.63, 3.8) is 0 Å². The van der Waals surface area contributed by atoms with Crippen LogP contribution in [0.4, 0.5) is 13.2 Å². The molecule has 1 amide bonds. The Bertz CT molecular complexity index is 1210. The molecule has 1 aromatic carbocycles. The molecule has 8 nitrogen and oxygen atoms in total. The molecule has 12 heteroatoms. The van der Waals surface area contributed by atoms with Crippen molar-refractivity contribution < 1.29 is 22.7 Å². The lowest BCUT2D eigenvalue weighted by atomic mass is 10.1.